The van der Waals surface area contributed by atoms with Crippen LogP contribution in [0, 0.1) is 10.7 Å². The van der Waals surface area contributed by atoms with Crippen LogP contribution < -0.4 is 21.2 Å². The zero-order valence-electron chi connectivity index (χ0n) is 40.7. The van der Waals surface area contributed by atoms with E-state index >= 15 is 0 Å². The van der Waals surface area contributed by atoms with E-state index in [-0.39, 0.29) is 72.3 Å². The lowest BCUT2D eigenvalue weighted by Gasteiger charge is -2.43. The number of rotatable bonds is 28. The fourth-order valence-electron chi connectivity index (χ4n) is 8.50. The molecule has 0 aromatic heterocycles. The molecule has 3 aromatic rings. The highest BCUT2D eigenvalue weighted by atomic mass is 127. The number of nitrogens with one attached hydrogen (secondary N) is 2. The number of aliphatic hydroxyl groups excluding tert-OH is 2. The van der Waals surface area contributed by atoms with Crippen molar-refractivity contribution in [1.29, 1.82) is 0 Å². The normalized spacial score (nSPS) is 21.5. The van der Waals surface area contributed by atoms with Gasteiger partial charge in [0.2, 0.25) is 11.7 Å². The number of benzene rings is 3. The number of aliphatic hydroxyl groups is 3. The van der Waals surface area contributed by atoms with Gasteiger partial charge in [-0.15, -0.1) is 0 Å². The number of hydrogen-bond acceptors (Lipinski definition) is 20. The van der Waals surface area contributed by atoms with Crippen molar-refractivity contribution >= 4 is 96.9 Å². The van der Waals surface area contributed by atoms with E-state index in [0.29, 0.717) is 71.6 Å². The number of hydrogen-bond donors (Lipinski definition) is 8. The molecule has 6 rings (SSSR count). The van der Waals surface area contributed by atoms with Crippen molar-refractivity contribution in [2.24, 2.45) is 10.8 Å². The molecule has 2 amide bonds. The molecule has 25 heteroatoms. The van der Waals surface area contributed by atoms with E-state index in [1.54, 1.807) is 6.92 Å². The van der Waals surface area contributed by atoms with E-state index in [1.807, 2.05) is 12.1 Å². The Morgan fingerprint density at radius 1 is 0.851 bits per heavy atom. The molecule has 2 aliphatic carbocycles. The molecule has 1 fully saturated rings. The summed E-state index contributed by atoms with van der Waals surface area (Å²) in [7, 11) is 1.32. The van der Waals surface area contributed by atoms with Crippen LogP contribution in [-0.4, -0.2) is 184 Å². The summed E-state index contributed by atoms with van der Waals surface area (Å²) < 4.78 is 53.5. The third-order valence-corrected chi connectivity index (χ3v) is 15.9. The number of carbonyl (C=O) groups excluding carboxylic acids is 4. The number of halogens is 3. The van der Waals surface area contributed by atoms with Crippen molar-refractivity contribution in [2.75, 3.05) is 99.5 Å². The van der Waals surface area contributed by atoms with Crippen LogP contribution in [0.3, 0.4) is 0 Å². The summed E-state index contributed by atoms with van der Waals surface area (Å²) in [5.74, 6) is -3.66. The number of aromatic hydroxyl groups is 2. The van der Waals surface area contributed by atoms with Gasteiger partial charge in [-0.2, -0.15) is 5.10 Å². The molecule has 0 bridgehead atoms. The molecule has 406 valence electrons. The summed E-state index contributed by atoms with van der Waals surface area (Å²) in [6.07, 6.45) is -5.49. The van der Waals surface area contributed by atoms with Gasteiger partial charge in [0.05, 0.1) is 146 Å². The van der Waals surface area contributed by atoms with Crippen molar-refractivity contribution < 1.29 is 87.3 Å². The van der Waals surface area contributed by atoms with Crippen LogP contribution in [0.4, 0.5) is 0 Å². The summed E-state index contributed by atoms with van der Waals surface area (Å²) in [4.78, 5) is 53.3. The van der Waals surface area contributed by atoms with Crippen LogP contribution in [0.1, 0.15) is 85.6 Å². The van der Waals surface area contributed by atoms with Crippen LogP contribution in [0.5, 0.6) is 17.2 Å². The molecule has 0 radical (unpaired) electrons. The molecule has 9 N–H and O–H groups in total. The Morgan fingerprint density at radius 2 is 1.45 bits per heavy atom. The van der Waals surface area contributed by atoms with Crippen molar-refractivity contribution in [3.8, 4) is 17.2 Å². The lowest BCUT2D eigenvalue weighted by atomic mass is 9.71. The smallest absolute Gasteiger partial charge is 0.252 e. The van der Waals surface area contributed by atoms with Crippen LogP contribution in [-0.2, 0) is 49.1 Å². The molecule has 22 nitrogen and oxygen atoms in total. The van der Waals surface area contributed by atoms with Gasteiger partial charge in [-0.3, -0.25) is 19.2 Å². The standard InChI is InChI=1S/C49H61I3N4O18/c1-26-43(59)32(53)22-37(73-26)74-34-24-49(65,23-30-39(34)47(63)41-40(45(30)61)44(60)28-4-3-5-33(66-2)38(28)46(41)62)35(25-57)55-56-36(58)6-8-67-10-12-69-14-16-71-18-19-72-17-15-70-13-11-68-9-7-54-48(64)29-20-27(50)21-31(51)42(29)52/h3-5,20-21,26,32,34,37,43,57,59,61,63,65H,6-19,22-25,53H2,1-2H3,(H,54,64)(H,56,58)/b55-35+/t26?,32-,34-,37+,43+,49-/m1/s1. The molecule has 1 heterocycles. The van der Waals surface area contributed by atoms with Crippen LogP contribution in [0.25, 0.3) is 0 Å². The Labute approximate surface area is 468 Å². The molecule has 74 heavy (non-hydrogen) atoms. The van der Waals surface area contributed by atoms with E-state index in [9.17, 15) is 44.7 Å². The molecular formula is C49H61I3N4O18. The van der Waals surface area contributed by atoms with E-state index in [4.69, 9.17) is 48.4 Å². The fraction of sp³-hybridized carbons (Fsp3) is 0.531. The Morgan fingerprint density at radius 3 is 2.04 bits per heavy atom. The van der Waals surface area contributed by atoms with Crippen LogP contribution in [0.2, 0.25) is 0 Å². The number of methoxy groups -OCH3 is 1. The molecule has 0 saturated carbocycles. The summed E-state index contributed by atoms with van der Waals surface area (Å²) >= 11 is 6.58. The maximum atomic E-state index is 14.0. The maximum Gasteiger partial charge on any atom is 0.252 e. The molecular weight excluding hydrogens is 1310 g/mol. The van der Waals surface area contributed by atoms with Crippen LogP contribution in [0.15, 0.2) is 35.4 Å². The van der Waals surface area contributed by atoms with Crippen LogP contribution >= 0.6 is 67.8 Å². The quantitative estimate of drug-likeness (QED) is 0.0101. The molecule has 1 aliphatic heterocycles. The Balaban J connectivity index is 0.884. The van der Waals surface area contributed by atoms with E-state index in [1.165, 1.54) is 25.3 Å². The van der Waals surface area contributed by atoms with Gasteiger partial charge in [0, 0.05) is 59.2 Å². The summed E-state index contributed by atoms with van der Waals surface area (Å²) in [5, 5.41) is 63.8. The molecule has 3 aliphatic rings. The highest BCUT2D eigenvalue weighted by Gasteiger charge is 2.49. The lowest BCUT2D eigenvalue weighted by molar-refractivity contribution is -0.245. The van der Waals surface area contributed by atoms with Crippen molar-refractivity contribution in [2.45, 2.75) is 68.9 Å². The lowest BCUT2D eigenvalue weighted by Crippen LogP contribution is -2.53. The molecule has 0 spiro atoms. The summed E-state index contributed by atoms with van der Waals surface area (Å²) in [5.41, 5.74) is 5.11. The first-order valence-corrected chi connectivity index (χ1v) is 26.9. The average Bonchev–Trinajstić information content (AvgIpc) is 3.37. The predicted octanol–water partition coefficient (Wildman–Crippen LogP) is 2.64. The van der Waals surface area contributed by atoms with E-state index in [2.05, 4.69) is 83.6 Å². The average molecular weight is 1370 g/mol. The first-order valence-electron chi connectivity index (χ1n) is 23.7. The van der Waals surface area contributed by atoms with E-state index in [0.717, 1.165) is 10.7 Å². The van der Waals surface area contributed by atoms with Gasteiger partial charge < -0.3 is 79.2 Å². The number of amides is 2. The number of fused-ring (bicyclic) bond motifs is 3. The van der Waals surface area contributed by atoms with E-state index < -0.39 is 95.8 Å². The van der Waals surface area contributed by atoms with Gasteiger partial charge in [0.25, 0.3) is 5.91 Å². The monoisotopic (exact) mass is 1370 g/mol. The molecule has 6 atom stereocenters. The van der Waals surface area contributed by atoms with Gasteiger partial charge >= 0.3 is 0 Å². The van der Waals surface area contributed by atoms with Crippen molar-refractivity contribution in [1.82, 2.24) is 10.7 Å². The summed E-state index contributed by atoms with van der Waals surface area (Å²) in [6.45, 7) is 4.80. The predicted molar refractivity (Wildman–Crippen MR) is 289 cm³/mol. The molecule has 1 saturated heterocycles. The van der Waals surface area contributed by atoms with Crippen molar-refractivity contribution in [3.63, 3.8) is 0 Å². The first-order chi connectivity index (χ1) is 35.5. The number of nitrogens with two attached hydrogens (primary N) is 1. The number of ether oxygens (including phenoxy) is 9. The maximum absolute atomic E-state index is 14.0. The highest BCUT2D eigenvalue weighted by molar-refractivity contribution is 14.1. The Bertz CT molecular complexity index is 2490. The van der Waals surface area contributed by atoms with Gasteiger partial charge in [-0.05, 0) is 92.9 Å². The first kappa shape index (κ1) is 60.0. The minimum absolute atomic E-state index is 0.0124. The van der Waals surface area contributed by atoms with Gasteiger partial charge in [0.1, 0.15) is 22.8 Å². The minimum atomic E-state index is -2.18. The van der Waals surface area contributed by atoms with Crippen molar-refractivity contribution in [3.05, 3.63) is 80.0 Å². The second-order valence-electron chi connectivity index (χ2n) is 17.3. The minimum Gasteiger partial charge on any atom is -0.507 e. The largest absolute Gasteiger partial charge is 0.507 e. The fourth-order valence-corrected chi connectivity index (χ4v) is 10.9. The van der Waals surface area contributed by atoms with Gasteiger partial charge in [-0.1, -0.05) is 12.1 Å². The number of carbonyl (C=O) groups is 4. The number of nitrogens with zero attached hydrogens (tertiary/aromatic N) is 1. The molecule has 3 aromatic carbocycles. The third-order valence-electron chi connectivity index (χ3n) is 12.2. The zero-order valence-corrected chi connectivity index (χ0v) is 47.2. The third kappa shape index (κ3) is 15.3. The second kappa shape index (κ2) is 28.9. The zero-order chi connectivity index (χ0) is 53.5. The second-order valence-corrected chi connectivity index (χ2v) is 20.7. The molecule has 1 unspecified atom stereocenters. The summed E-state index contributed by atoms with van der Waals surface area (Å²) in [6, 6.07) is 7.46. The van der Waals surface area contributed by atoms with Gasteiger partial charge in [0.15, 0.2) is 12.1 Å². The van der Waals surface area contributed by atoms with Gasteiger partial charge in [-0.25, -0.2) is 5.43 Å². The SMILES string of the molecule is COc1cccc2c1C(=O)c1c(O)c3c(c(O)c1C2=O)C[C@](O)(/C(CO)=N/NC(=O)CCOCCOCCOCCOCCOCCOCCNC(=O)c1cc(I)cc(I)c1I)C[C@H]3O[C@H]1C[C@@H](N)[C@@H](O)C(C)O1. The topological polar surface area (TPSA) is 315 Å². The highest BCUT2D eigenvalue weighted by Crippen LogP contribution is 2.52. The number of hydrazone groups is 1. The number of phenolic OH excluding ortho intramolecular Hbond substituents is 2. The number of ketones is 2. The number of phenols is 2. The Hall–Kier alpha value is -3.28. The Kier molecular flexibility index (Phi) is 23.4.